The van der Waals surface area contributed by atoms with E-state index in [-0.39, 0.29) is 16.6 Å². The van der Waals surface area contributed by atoms with Crippen molar-refractivity contribution in [2.45, 2.75) is 4.90 Å². The minimum absolute atomic E-state index is 0.0257. The first-order valence-electron chi connectivity index (χ1n) is 9.90. The van der Waals surface area contributed by atoms with Gasteiger partial charge < -0.3 is 5.32 Å². The number of para-hydroxylation sites is 1. The van der Waals surface area contributed by atoms with Crippen LogP contribution >= 0.6 is 0 Å². The van der Waals surface area contributed by atoms with E-state index in [1.165, 1.54) is 50.6 Å². The molecule has 0 saturated heterocycles. The van der Waals surface area contributed by atoms with Gasteiger partial charge >= 0.3 is 0 Å². The zero-order valence-electron chi connectivity index (χ0n) is 17.8. The number of amides is 1. The molecule has 4 aromatic rings. The SMILES string of the molecule is CON(C)S(=O)(=O)c1ccc(NC(=O)c2cc(-c3ccc(F)cc3)nc3ccccc23)cc1. The molecule has 9 heteroatoms. The highest BCUT2D eigenvalue weighted by molar-refractivity contribution is 7.89. The summed E-state index contributed by atoms with van der Waals surface area (Å²) in [5.74, 6) is -0.749. The summed E-state index contributed by atoms with van der Waals surface area (Å²) >= 11 is 0. The standard InChI is InChI=1S/C24H20FN3O4S/c1-28(32-2)33(30,31)19-13-11-18(12-14-19)26-24(29)21-15-23(16-7-9-17(25)10-8-16)27-22-6-4-3-5-20(21)22/h3-15H,1-2H3,(H,26,29). The normalized spacial score (nSPS) is 11.6. The molecule has 0 saturated carbocycles. The molecule has 7 nitrogen and oxygen atoms in total. The highest BCUT2D eigenvalue weighted by Crippen LogP contribution is 2.26. The van der Waals surface area contributed by atoms with Crippen LogP contribution in [0, 0.1) is 5.82 Å². The van der Waals surface area contributed by atoms with Crippen LogP contribution in [-0.2, 0) is 14.9 Å². The molecule has 0 aliphatic heterocycles. The molecule has 1 aromatic heterocycles. The van der Waals surface area contributed by atoms with Crippen molar-refractivity contribution >= 4 is 32.5 Å². The van der Waals surface area contributed by atoms with E-state index in [0.717, 1.165) is 4.47 Å². The maximum absolute atomic E-state index is 13.3. The van der Waals surface area contributed by atoms with Gasteiger partial charge in [-0.1, -0.05) is 22.7 Å². The molecular weight excluding hydrogens is 445 g/mol. The number of halogens is 1. The van der Waals surface area contributed by atoms with Gasteiger partial charge in [0, 0.05) is 23.7 Å². The lowest BCUT2D eigenvalue weighted by atomic mass is 10.0. The zero-order valence-corrected chi connectivity index (χ0v) is 18.6. The van der Waals surface area contributed by atoms with Crippen molar-refractivity contribution < 1.29 is 22.4 Å². The van der Waals surface area contributed by atoms with Gasteiger partial charge in [0.15, 0.2) is 0 Å². The molecule has 0 atom stereocenters. The van der Waals surface area contributed by atoms with Crippen LogP contribution in [0.15, 0.2) is 83.8 Å². The first kappa shape index (κ1) is 22.5. The summed E-state index contributed by atoms with van der Waals surface area (Å²) in [4.78, 5) is 22.6. The number of hydroxylamine groups is 1. The van der Waals surface area contributed by atoms with Crippen LogP contribution in [0.3, 0.4) is 0 Å². The molecule has 1 N–H and O–H groups in total. The predicted octanol–water partition coefficient (Wildman–Crippen LogP) is 4.48. The number of rotatable bonds is 6. The minimum Gasteiger partial charge on any atom is -0.322 e. The Kier molecular flexibility index (Phi) is 6.19. The molecule has 0 aliphatic rings. The molecule has 4 rings (SSSR count). The van der Waals surface area contributed by atoms with Gasteiger partial charge in [0.25, 0.3) is 15.9 Å². The lowest BCUT2D eigenvalue weighted by Crippen LogP contribution is -2.25. The smallest absolute Gasteiger partial charge is 0.264 e. The van der Waals surface area contributed by atoms with Crippen molar-refractivity contribution in [3.63, 3.8) is 0 Å². The maximum atomic E-state index is 13.3. The fourth-order valence-electron chi connectivity index (χ4n) is 3.29. The summed E-state index contributed by atoms with van der Waals surface area (Å²) < 4.78 is 38.8. The molecule has 3 aromatic carbocycles. The Bertz CT molecular complexity index is 1420. The van der Waals surface area contributed by atoms with E-state index in [1.807, 2.05) is 12.1 Å². The van der Waals surface area contributed by atoms with Crippen LogP contribution in [0.5, 0.6) is 0 Å². The predicted molar refractivity (Wildman–Crippen MR) is 123 cm³/mol. The van der Waals surface area contributed by atoms with Crippen LogP contribution in [0.4, 0.5) is 10.1 Å². The van der Waals surface area contributed by atoms with E-state index in [9.17, 15) is 17.6 Å². The third-order valence-electron chi connectivity index (χ3n) is 5.11. The highest BCUT2D eigenvalue weighted by atomic mass is 32.2. The Labute approximate surface area is 190 Å². The molecule has 1 amide bonds. The number of pyridine rings is 1. The first-order chi connectivity index (χ1) is 15.8. The Morgan fingerprint density at radius 2 is 1.67 bits per heavy atom. The number of anilines is 1. The van der Waals surface area contributed by atoms with E-state index in [2.05, 4.69) is 10.3 Å². The van der Waals surface area contributed by atoms with E-state index in [4.69, 9.17) is 4.84 Å². The van der Waals surface area contributed by atoms with Crippen LogP contribution in [0.25, 0.3) is 22.2 Å². The van der Waals surface area contributed by atoms with Gasteiger partial charge in [0.1, 0.15) is 5.82 Å². The van der Waals surface area contributed by atoms with Crippen molar-refractivity contribution in [3.8, 4) is 11.3 Å². The lowest BCUT2D eigenvalue weighted by Gasteiger charge is -2.14. The maximum Gasteiger partial charge on any atom is 0.264 e. The van der Waals surface area contributed by atoms with Gasteiger partial charge in [-0.05, 0) is 60.7 Å². The van der Waals surface area contributed by atoms with E-state index in [0.29, 0.717) is 33.4 Å². The van der Waals surface area contributed by atoms with Crippen LogP contribution < -0.4 is 5.32 Å². The van der Waals surface area contributed by atoms with Crippen molar-refractivity contribution in [1.29, 1.82) is 0 Å². The third-order valence-corrected chi connectivity index (χ3v) is 6.80. The number of aromatic nitrogens is 1. The average molecular weight is 466 g/mol. The molecule has 0 radical (unpaired) electrons. The van der Waals surface area contributed by atoms with Gasteiger partial charge in [-0.15, -0.1) is 0 Å². The number of carbonyl (C=O) groups is 1. The molecular formula is C24H20FN3O4S. The van der Waals surface area contributed by atoms with Gasteiger partial charge in [0.2, 0.25) is 0 Å². The summed E-state index contributed by atoms with van der Waals surface area (Å²) in [6.45, 7) is 0. The van der Waals surface area contributed by atoms with Crippen molar-refractivity contribution in [3.05, 3.63) is 90.2 Å². The summed E-state index contributed by atoms with van der Waals surface area (Å²) in [6, 6.07) is 20.5. The Morgan fingerprint density at radius 1 is 1.00 bits per heavy atom. The highest BCUT2D eigenvalue weighted by Gasteiger charge is 2.21. The average Bonchev–Trinajstić information content (AvgIpc) is 2.83. The number of hydrogen-bond donors (Lipinski definition) is 1. The van der Waals surface area contributed by atoms with Crippen molar-refractivity contribution in [1.82, 2.24) is 9.45 Å². The number of nitrogens with one attached hydrogen (secondary N) is 1. The molecule has 33 heavy (non-hydrogen) atoms. The molecule has 168 valence electrons. The summed E-state index contributed by atoms with van der Waals surface area (Å²) in [5.41, 5.74) is 2.63. The van der Waals surface area contributed by atoms with Crippen LogP contribution in [0.1, 0.15) is 10.4 Å². The number of nitrogens with zero attached hydrogens (tertiary/aromatic N) is 2. The van der Waals surface area contributed by atoms with Crippen LogP contribution in [-0.4, -0.2) is 37.9 Å². The number of benzene rings is 3. The number of carbonyl (C=O) groups excluding carboxylic acids is 1. The minimum atomic E-state index is -3.79. The molecule has 1 heterocycles. The topological polar surface area (TPSA) is 88.6 Å². The number of fused-ring (bicyclic) bond motifs is 1. The summed E-state index contributed by atoms with van der Waals surface area (Å²) in [7, 11) is -1.25. The molecule has 0 aliphatic carbocycles. The number of sulfonamides is 1. The van der Waals surface area contributed by atoms with Gasteiger partial charge in [-0.2, -0.15) is 0 Å². The van der Waals surface area contributed by atoms with Crippen molar-refractivity contribution in [2.75, 3.05) is 19.5 Å². The largest absolute Gasteiger partial charge is 0.322 e. The Balaban J connectivity index is 1.67. The monoisotopic (exact) mass is 465 g/mol. The van der Waals surface area contributed by atoms with Crippen LogP contribution in [0.2, 0.25) is 0 Å². The van der Waals surface area contributed by atoms with E-state index >= 15 is 0 Å². The van der Waals surface area contributed by atoms with Gasteiger partial charge in [-0.25, -0.2) is 17.8 Å². The Morgan fingerprint density at radius 3 is 2.33 bits per heavy atom. The van der Waals surface area contributed by atoms with E-state index < -0.39 is 10.0 Å². The van der Waals surface area contributed by atoms with Gasteiger partial charge in [-0.3, -0.25) is 9.63 Å². The fraction of sp³-hybridized carbons (Fsp3) is 0.0833. The fourth-order valence-corrected chi connectivity index (χ4v) is 4.26. The first-order valence-corrected chi connectivity index (χ1v) is 11.3. The summed E-state index contributed by atoms with van der Waals surface area (Å²) in [6.07, 6.45) is 0. The molecule has 0 spiro atoms. The van der Waals surface area contributed by atoms with Crippen molar-refractivity contribution in [2.24, 2.45) is 0 Å². The molecule has 0 unspecified atom stereocenters. The van der Waals surface area contributed by atoms with Gasteiger partial charge in [0.05, 0.1) is 28.8 Å². The molecule has 0 bridgehead atoms. The van der Waals surface area contributed by atoms with E-state index in [1.54, 1.807) is 30.3 Å². The molecule has 0 fully saturated rings. The Hall–Kier alpha value is -3.66. The second kappa shape index (κ2) is 9.07. The second-order valence-electron chi connectivity index (χ2n) is 7.15. The summed E-state index contributed by atoms with van der Waals surface area (Å²) in [5, 5.41) is 3.45. The second-order valence-corrected chi connectivity index (χ2v) is 9.09. The third kappa shape index (κ3) is 4.61. The number of hydrogen-bond acceptors (Lipinski definition) is 5. The quantitative estimate of drug-likeness (QED) is 0.424. The lowest BCUT2D eigenvalue weighted by molar-refractivity contribution is -0.0258. The zero-order chi connectivity index (χ0) is 23.6.